The summed E-state index contributed by atoms with van der Waals surface area (Å²) in [6, 6.07) is 0.764. The third kappa shape index (κ3) is 4.14. The van der Waals surface area contributed by atoms with Crippen LogP contribution in [0, 0.1) is 11.8 Å². The van der Waals surface area contributed by atoms with Gasteiger partial charge < -0.3 is 5.32 Å². The molecule has 0 aromatic rings. The highest BCUT2D eigenvalue weighted by Crippen LogP contribution is 2.30. The van der Waals surface area contributed by atoms with E-state index in [2.05, 4.69) is 26.2 Å². The largest absolute Gasteiger partial charge is 0.317 e. The molecule has 0 heterocycles. The molecule has 1 aliphatic carbocycles. The van der Waals surface area contributed by atoms with Crippen molar-refractivity contribution >= 4 is 0 Å². The lowest BCUT2D eigenvalue weighted by Gasteiger charge is -2.26. The van der Waals surface area contributed by atoms with Crippen molar-refractivity contribution in [1.29, 1.82) is 0 Å². The van der Waals surface area contributed by atoms with Crippen molar-refractivity contribution in [3.63, 3.8) is 0 Å². The molecule has 1 N–H and O–H groups in total. The molecule has 90 valence electrons. The molecule has 15 heavy (non-hydrogen) atoms. The molecule has 0 amide bonds. The number of rotatable bonds is 7. The Morgan fingerprint density at radius 1 is 1.13 bits per heavy atom. The molecule has 0 saturated heterocycles. The Hall–Kier alpha value is -0.0400. The first-order valence-corrected chi connectivity index (χ1v) is 6.99. The van der Waals surface area contributed by atoms with Gasteiger partial charge in [0.15, 0.2) is 0 Å². The first-order valence-electron chi connectivity index (χ1n) is 6.99. The molecule has 1 heteroatoms. The van der Waals surface area contributed by atoms with Crippen molar-refractivity contribution < 1.29 is 0 Å². The Kier molecular flexibility index (Phi) is 6.31. The minimum absolute atomic E-state index is 0.764. The third-order valence-electron chi connectivity index (χ3n) is 4.35. The zero-order chi connectivity index (χ0) is 11.1. The van der Waals surface area contributed by atoms with Crippen LogP contribution < -0.4 is 5.32 Å². The van der Waals surface area contributed by atoms with Crippen LogP contribution in [0.1, 0.15) is 65.2 Å². The molecule has 0 aromatic heterocycles. The van der Waals surface area contributed by atoms with Crippen molar-refractivity contribution in [3.8, 4) is 0 Å². The summed E-state index contributed by atoms with van der Waals surface area (Å²) < 4.78 is 0. The van der Waals surface area contributed by atoms with Gasteiger partial charge in [-0.1, -0.05) is 52.4 Å². The second kappa shape index (κ2) is 7.27. The van der Waals surface area contributed by atoms with E-state index >= 15 is 0 Å². The Morgan fingerprint density at radius 2 is 1.73 bits per heavy atom. The minimum atomic E-state index is 0.764. The van der Waals surface area contributed by atoms with Crippen LogP contribution in [-0.2, 0) is 0 Å². The van der Waals surface area contributed by atoms with Gasteiger partial charge in [0, 0.05) is 6.04 Å². The van der Waals surface area contributed by atoms with Crippen molar-refractivity contribution in [2.45, 2.75) is 71.3 Å². The van der Waals surface area contributed by atoms with Gasteiger partial charge in [0.05, 0.1) is 0 Å². The molecule has 0 aliphatic heterocycles. The summed E-state index contributed by atoms with van der Waals surface area (Å²) in [4.78, 5) is 0. The molecule has 1 unspecified atom stereocenters. The molecule has 1 saturated carbocycles. The highest BCUT2D eigenvalue weighted by atomic mass is 14.9. The second-order valence-corrected chi connectivity index (χ2v) is 5.20. The molecule has 1 fully saturated rings. The van der Waals surface area contributed by atoms with Gasteiger partial charge in [0.25, 0.3) is 0 Å². The lowest BCUT2D eigenvalue weighted by molar-refractivity contribution is 0.308. The maximum atomic E-state index is 3.53. The van der Waals surface area contributed by atoms with Crippen LogP contribution >= 0.6 is 0 Å². The maximum absolute atomic E-state index is 3.53. The lowest BCUT2D eigenvalue weighted by atomic mass is 9.88. The monoisotopic (exact) mass is 211 g/mol. The van der Waals surface area contributed by atoms with E-state index in [9.17, 15) is 0 Å². The van der Waals surface area contributed by atoms with E-state index in [4.69, 9.17) is 0 Å². The Labute approximate surface area is 96.0 Å². The van der Waals surface area contributed by atoms with Crippen LogP contribution in [0.25, 0.3) is 0 Å². The average molecular weight is 211 g/mol. The predicted octanol–water partition coefficient (Wildman–Crippen LogP) is 3.98. The summed E-state index contributed by atoms with van der Waals surface area (Å²) in [6.45, 7) is 4.65. The van der Waals surface area contributed by atoms with E-state index in [1.54, 1.807) is 0 Å². The van der Waals surface area contributed by atoms with Gasteiger partial charge in [-0.2, -0.15) is 0 Å². The van der Waals surface area contributed by atoms with Gasteiger partial charge in [-0.25, -0.2) is 0 Å². The first-order chi connectivity index (χ1) is 7.31. The molecule has 0 spiro atoms. The SMILES string of the molecule is CCC(CC)C(CCC1CCCC1)NC. The number of hydrogen-bond donors (Lipinski definition) is 1. The molecule has 0 aromatic carbocycles. The van der Waals surface area contributed by atoms with Gasteiger partial charge in [-0.3, -0.25) is 0 Å². The molecule has 0 radical (unpaired) electrons. The quantitative estimate of drug-likeness (QED) is 0.671. The summed E-state index contributed by atoms with van der Waals surface area (Å²) >= 11 is 0. The standard InChI is InChI=1S/C14H29N/c1-4-13(5-2)14(15-3)11-10-12-8-6-7-9-12/h12-15H,4-11H2,1-3H3. The molecule has 1 rings (SSSR count). The van der Waals surface area contributed by atoms with Crippen LogP contribution in [0.3, 0.4) is 0 Å². The number of nitrogens with one attached hydrogen (secondary N) is 1. The summed E-state index contributed by atoms with van der Waals surface area (Å²) in [5.41, 5.74) is 0. The fourth-order valence-electron chi connectivity index (χ4n) is 3.19. The fourth-order valence-corrected chi connectivity index (χ4v) is 3.19. The zero-order valence-electron chi connectivity index (χ0n) is 10.9. The molecular formula is C14H29N. The molecule has 0 bridgehead atoms. The maximum Gasteiger partial charge on any atom is 0.00922 e. The van der Waals surface area contributed by atoms with Crippen LogP contribution in [-0.4, -0.2) is 13.1 Å². The topological polar surface area (TPSA) is 12.0 Å². The Bertz CT molecular complexity index is 145. The van der Waals surface area contributed by atoms with E-state index in [1.165, 1.54) is 51.4 Å². The van der Waals surface area contributed by atoms with Crippen molar-refractivity contribution in [2.75, 3.05) is 7.05 Å². The Balaban J connectivity index is 2.25. The summed E-state index contributed by atoms with van der Waals surface area (Å²) in [5, 5.41) is 3.53. The average Bonchev–Trinajstić information content (AvgIpc) is 2.77. The van der Waals surface area contributed by atoms with Crippen molar-refractivity contribution in [1.82, 2.24) is 5.32 Å². The van der Waals surface area contributed by atoms with Crippen molar-refractivity contribution in [2.24, 2.45) is 11.8 Å². The fraction of sp³-hybridized carbons (Fsp3) is 1.00. The predicted molar refractivity (Wildman–Crippen MR) is 68.1 cm³/mol. The van der Waals surface area contributed by atoms with Crippen LogP contribution in [0.2, 0.25) is 0 Å². The van der Waals surface area contributed by atoms with E-state index in [1.807, 2.05) is 0 Å². The van der Waals surface area contributed by atoms with Gasteiger partial charge in [0.1, 0.15) is 0 Å². The number of hydrogen-bond acceptors (Lipinski definition) is 1. The van der Waals surface area contributed by atoms with Crippen molar-refractivity contribution in [3.05, 3.63) is 0 Å². The normalized spacial score (nSPS) is 20.0. The Morgan fingerprint density at radius 3 is 2.20 bits per heavy atom. The zero-order valence-corrected chi connectivity index (χ0v) is 10.9. The van der Waals surface area contributed by atoms with Gasteiger partial charge in [-0.05, 0) is 31.7 Å². The highest BCUT2D eigenvalue weighted by molar-refractivity contribution is 4.76. The van der Waals surface area contributed by atoms with E-state index in [0.29, 0.717) is 0 Å². The smallest absolute Gasteiger partial charge is 0.00922 e. The molecular weight excluding hydrogens is 182 g/mol. The molecule has 1 aliphatic rings. The lowest BCUT2D eigenvalue weighted by Crippen LogP contribution is -2.33. The second-order valence-electron chi connectivity index (χ2n) is 5.20. The molecule has 1 atom stereocenters. The summed E-state index contributed by atoms with van der Waals surface area (Å²) in [7, 11) is 2.14. The van der Waals surface area contributed by atoms with Crippen LogP contribution in [0.5, 0.6) is 0 Å². The highest BCUT2D eigenvalue weighted by Gasteiger charge is 2.20. The molecule has 1 nitrogen and oxygen atoms in total. The van der Waals surface area contributed by atoms with E-state index < -0.39 is 0 Å². The van der Waals surface area contributed by atoms with Gasteiger partial charge >= 0.3 is 0 Å². The van der Waals surface area contributed by atoms with Gasteiger partial charge in [-0.15, -0.1) is 0 Å². The summed E-state index contributed by atoms with van der Waals surface area (Å²) in [6.07, 6.45) is 11.5. The van der Waals surface area contributed by atoms with Gasteiger partial charge in [0.2, 0.25) is 0 Å². The third-order valence-corrected chi connectivity index (χ3v) is 4.35. The van der Waals surface area contributed by atoms with E-state index in [0.717, 1.165) is 17.9 Å². The van der Waals surface area contributed by atoms with E-state index in [-0.39, 0.29) is 0 Å². The van der Waals surface area contributed by atoms with Crippen LogP contribution in [0.4, 0.5) is 0 Å². The van der Waals surface area contributed by atoms with Crippen LogP contribution in [0.15, 0.2) is 0 Å². The summed E-state index contributed by atoms with van der Waals surface area (Å²) in [5.74, 6) is 1.94. The first kappa shape index (κ1) is 13.0. The minimum Gasteiger partial charge on any atom is -0.317 e.